The molecule has 2 aromatic carbocycles. The Morgan fingerprint density at radius 2 is 1.76 bits per heavy atom. The van der Waals surface area contributed by atoms with Crippen molar-refractivity contribution in [2.24, 2.45) is 0 Å². The van der Waals surface area contributed by atoms with Gasteiger partial charge < -0.3 is 14.8 Å². The van der Waals surface area contributed by atoms with E-state index in [0.29, 0.717) is 23.1 Å². The van der Waals surface area contributed by atoms with Crippen molar-refractivity contribution in [2.45, 2.75) is 52.8 Å². The van der Waals surface area contributed by atoms with Crippen LogP contribution in [0.5, 0.6) is 11.5 Å². The molecule has 1 N–H and O–H groups in total. The van der Waals surface area contributed by atoms with Gasteiger partial charge >= 0.3 is 0 Å². The van der Waals surface area contributed by atoms with Crippen LogP contribution in [-0.2, 0) is 13.2 Å². The Hall–Kier alpha value is -1.71. The lowest BCUT2D eigenvalue weighted by Crippen LogP contribution is -2.37. The lowest BCUT2D eigenvalue weighted by Gasteiger charge is -2.25. The fourth-order valence-corrected chi connectivity index (χ4v) is 2.61. The average Bonchev–Trinajstić information content (AvgIpc) is 2.60. The Morgan fingerprint density at radius 1 is 1.08 bits per heavy atom. The van der Waals surface area contributed by atoms with Gasteiger partial charge in [-0.1, -0.05) is 48.4 Å². The van der Waals surface area contributed by atoms with E-state index in [9.17, 15) is 0 Å². The molecule has 0 atom stereocenters. The van der Waals surface area contributed by atoms with Crippen LogP contribution in [0.4, 0.5) is 0 Å². The minimum absolute atomic E-state index is 0.0837. The highest BCUT2D eigenvalue weighted by atomic mass is 35.5. The van der Waals surface area contributed by atoms with Crippen molar-refractivity contribution >= 4 is 11.6 Å². The standard InChI is InChI=1S/C21H28ClNO2/c1-6-21(3,4)23-13-17-11-18(22)20(19(12-17)24-5)25-14-16-9-7-15(2)8-10-16/h7-12,23H,6,13-14H2,1-5H3. The highest BCUT2D eigenvalue weighted by molar-refractivity contribution is 6.32. The average molecular weight is 362 g/mol. The number of halogens is 1. The van der Waals surface area contributed by atoms with Crippen LogP contribution >= 0.6 is 11.6 Å². The maximum atomic E-state index is 6.46. The maximum Gasteiger partial charge on any atom is 0.180 e. The lowest BCUT2D eigenvalue weighted by molar-refractivity contribution is 0.284. The third-order valence-corrected chi connectivity index (χ3v) is 4.73. The van der Waals surface area contributed by atoms with Crippen LogP contribution in [0, 0.1) is 6.92 Å². The van der Waals surface area contributed by atoms with E-state index in [1.54, 1.807) is 7.11 Å². The molecular formula is C21H28ClNO2. The Bertz CT molecular complexity index is 696. The van der Waals surface area contributed by atoms with Crippen molar-refractivity contribution < 1.29 is 9.47 Å². The number of rotatable bonds is 8. The second kappa shape index (κ2) is 8.59. The van der Waals surface area contributed by atoms with Gasteiger partial charge in [0.1, 0.15) is 6.61 Å². The molecule has 0 aromatic heterocycles. The Labute approximate surface area is 156 Å². The lowest BCUT2D eigenvalue weighted by atomic mass is 10.0. The minimum atomic E-state index is 0.0837. The molecule has 0 saturated carbocycles. The molecule has 0 radical (unpaired) electrons. The molecule has 2 rings (SSSR count). The SMILES string of the molecule is CCC(C)(C)NCc1cc(Cl)c(OCc2ccc(C)cc2)c(OC)c1. The van der Waals surface area contributed by atoms with Gasteiger partial charge in [0.2, 0.25) is 0 Å². The van der Waals surface area contributed by atoms with Crippen molar-refractivity contribution in [1.82, 2.24) is 5.32 Å². The van der Waals surface area contributed by atoms with Gasteiger partial charge in [-0.15, -0.1) is 0 Å². The smallest absolute Gasteiger partial charge is 0.180 e. The summed E-state index contributed by atoms with van der Waals surface area (Å²) >= 11 is 6.46. The van der Waals surface area contributed by atoms with Gasteiger partial charge in [-0.2, -0.15) is 0 Å². The van der Waals surface area contributed by atoms with Crippen LogP contribution < -0.4 is 14.8 Å². The molecule has 0 aliphatic carbocycles. The molecule has 25 heavy (non-hydrogen) atoms. The summed E-state index contributed by atoms with van der Waals surface area (Å²) in [6, 6.07) is 12.2. The van der Waals surface area contributed by atoms with Gasteiger partial charge in [-0.05, 0) is 50.5 Å². The molecule has 0 bridgehead atoms. The third-order valence-electron chi connectivity index (χ3n) is 4.45. The first-order chi connectivity index (χ1) is 11.8. The molecule has 0 spiro atoms. The summed E-state index contributed by atoms with van der Waals surface area (Å²) in [5.41, 5.74) is 3.48. The van der Waals surface area contributed by atoms with Crippen LogP contribution in [0.1, 0.15) is 43.9 Å². The molecule has 3 nitrogen and oxygen atoms in total. The number of hydrogen-bond donors (Lipinski definition) is 1. The zero-order chi connectivity index (χ0) is 18.4. The van der Waals surface area contributed by atoms with Crippen molar-refractivity contribution in [3.63, 3.8) is 0 Å². The normalized spacial score (nSPS) is 11.4. The third kappa shape index (κ3) is 5.65. The second-order valence-electron chi connectivity index (χ2n) is 6.97. The molecule has 0 unspecified atom stereocenters. The predicted molar refractivity (Wildman–Crippen MR) is 105 cm³/mol. The zero-order valence-electron chi connectivity index (χ0n) is 15.8. The van der Waals surface area contributed by atoms with Crippen LogP contribution in [0.15, 0.2) is 36.4 Å². The van der Waals surface area contributed by atoms with Crippen LogP contribution in [0.2, 0.25) is 5.02 Å². The molecule has 0 aliphatic heterocycles. The summed E-state index contributed by atoms with van der Waals surface area (Å²) in [5.74, 6) is 1.24. The fourth-order valence-electron chi connectivity index (χ4n) is 2.32. The van der Waals surface area contributed by atoms with E-state index in [4.69, 9.17) is 21.1 Å². The number of aryl methyl sites for hydroxylation is 1. The summed E-state index contributed by atoms with van der Waals surface area (Å²) < 4.78 is 11.4. The van der Waals surface area contributed by atoms with E-state index in [1.165, 1.54) is 5.56 Å². The molecule has 0 fully saturated rings. The van der Waals surface area contributed by atoms with Crippen molar-refractivity contribution in [3.05, 3.63) is 58.1 Å². The van der Waals surface area contributed by atoms with Crippen LogP contribution in [0.3, 0.4) is 0 Å². The summed E-state index contributed by atoms with van der Waals surface area (Å²) in [6.07, 6.45) is 1.05. The largest absolute Gasteiger partial charge is 0.493 e. The van der Waals surface area contributed by atoms with Crippen molar-refractivity contribution in [2.75, 3.05) is 7.11 Å². The number of benzene rings is 2. The van der Waals surface area contributed by atoms with E-state index >= 15 is 0 Å². The van der Waals surface area contributed by atoms with Crippen LogP contribution in [0.25, 0.3) is 0 Å². The molecule has 0 amide bonds. The highest BCUT2D eigenvalue weighted by Gasteiger charge is 2.16. The van der Waals surface area contributed by atoms with E-state index in [1.807, 2.05) is 12.1 Å². The van der Waals surface area contributed by atoms with Crippen LogP contribution in [-0.4, -0.2) is 12.6 Å². The Morgan fingerprint density at radius 3 is 2.36 bits per heavy atom. The maximum absolute atomic E-state index is 6.46. The first-order valence-electron chi connectivity index (χ1n) is 8.64. The summed E-state index contributed by atoms with van der Waals surface area (Å²) in [6.45, 7) is 9.79. The monoisotopic (exact) mass is 361 g/mol. The number of methoxy groups -OCH3 is 1. The highest BCUT2D eigenvalue weighted by Crippen LogP contribution is 2.37. The van der Waals surface area contributed by atoms with E-state index < -0.39 is 0 Å². The number of hydrogen-bond acceptors (Lipinski definition) is 3. The summed E-state index contributed by atoms with van der Waals surface area (Å²) in [5, 5.41) is 4.10. The van der Waals surface area contributed by atoms with E-state index in [0.717, 1.165) is 24.1 Å². The molecule has 0 aliphatic rings. The molecular weight excluding hydrogens is 334 g/mol. The second-order valence-corrected chi connectivity index (χ2v) is 7.38. The quantitative estimate of drug-likeness (QED) is 0.672. The van der Waals surface area contributed by atoms with Gasteiger partial charge in [-0.25, -0.2) is 0 Å². The molecule has 136 valence electrons. The Balaban J connectivity index is 2.11. The molecule has 2 aromatic rings. The molecule has 0 heterocycles. The summed E-state index contributed by atoms with van der Waals surface area (Å²) in [4.78, 5) is 0. The molecule has 4 heteroatoms. The number of ether oxygens (including phenoxy) is 2. The molecule has 0 saturated heterocycles. The Kier molecular flexibility index (Phi) is 6.74. The topological polar surface area (TPSA) is 30.5 Å². The van der Waals surface area contributed by atoms with E-state index in [2.05, 4.69) is 57.3 Å². The zero-order valence-corrected chi connectivity index (χ0v) is 16.5. The van der Waals surface area contributed by atoms with Gasteiger partial charge in [0.05, 0.1) is 12.1 Å². The first-order valence-corrected chi connectivity index (χ1v) is 9.02. The number of nitrogens with one attached hydrogen (secondary N) is 1. The van der Waals surface area contributed by atoms with E-state index in [-0.39, 0.29) is 5.54 Å². The summed E-state index contributed by atoms with van der Waals surface area (Å²) in [7, 11) is 1.64. The first kappa shape index (κ1) is 19.6. The van der Waals surface area contributed by atoms with Crippen molar-refractivity contribution in [1.29, 1.82) is 0 Å². The minimum Gasteiger partial charge on any atom is -0.493 e. The van der Waals surface area contributed by atoms with Gasteiger partial charge in [-0.3, -0.25) is 0 Å². The van der Waals surface area contributed by atoms with Gasteiger partial charge in [0.25, 0.3) is 0 Å². The van der Waals surface area contributed by atoms with Gasteiger partial charge in [0, 0.05) is 12.1 Å². The van der Waals surface area contributed by atoms with Crippen molar-refractivity contribution in [3.8, 4) is 11.5 Å². The van der Waals surface area contributed by atoms with Gasteiger partial charge in [0.15, 0.2) is 11.5 Å². The fraction of sp³-hybridized carbons (Fsp3) is 0.429. The predicted octanol–water partition coefficient (Wildman–Crippen LogP) is 5.51.